The van der Waals surface area contributed by atoms with Crippen LogP contribution in [-0.4, -0.2) is 5.84 Å². The van der Waals surface area contributed by atoms with E-state index < -0.39 is 0 Å². The Hall–Kier alpha value is -2.87. The summed E-state index contributed by atoms with van der Waals surface area (Å²) in [6.07, 6.45) is 0. The molecule has 1 heterocycles. The van der Waals surface area contributed by atoms with E-state index in [1.165, 1.54) is 44.5 Å². The summed E-state index contributed by atoms with van der Waals surface area (Å²) in [6, 6.07) is 22.3. The van der Waals surface area contributed by atoms with Gasteiger partial charge in [0.05, 0.1) is 6.04 Å². The van der Waals surface area contributed by atoms with Gasteiger partial charge in [-0.2, -0.15) is 0 Å². The van der Waals surface area contributed by atoms with Crippen LogP contribution in [0.2, 0.25) is 0 Å². The molecule has 1 N–H and O–H groups in total. The first kappa shape index (κ1) is 18.5. The van der Waals surface area contributed by atoms with Crippen molar-refractivity contribution < 1.29 is 0 Å². The zero-order chi connectivity index (χ0) is 19.8. The van der Waals surface area contributed by atoms with Crippen LogP contribution in [0.5, 0.6) is 0 Å². The van der Waals surface area contributed by atoms with Crippen LogP contribution < -0.4 is 5.32 Å². The van der Waals surface area contributed by atoms with Gasteiger partial charge in [0.15, 0.2) is 0 Å². The summed E-state index contributed by atoms with van der Waals surface area (Å²) >= 11 is 0. The maximum absolute atomic E-state index is 5.18. The van der Waals surface area contributed by atoms with E-state index in [2.05, 4.69) is 101 Å². The SMILES string of the molecule is Cc1ccc([C@H]2NC(c3cc(C)c(C)cc3C)=N[C@H]2c2ccc(C)cc2)cc1. The highest BCUT2D eigenvalue weighted by atomic mass is 15.1. The molecule has 0 spiro atoms. The number of hydrogen-bond donors (Lipinski definition) is 1. The predicted molar refractivity (Wildman–Crippen MR) is 118 cm³/mol. The summed E-state index contributed by atoms with van der Waals surface area (Å²) in [5.74, 6) is 0.997. The first-order chi connectivity index (χ1) is 13.4. The molecule has 142 valence electrons. The number of amidine groups is 1. The lowest BCUT2D eigenvalue weighted by Gasteiger charge is -2.20. The Bertz CT molecular complexity index is 1030. The molecule has 1 aliphatic rings. The van der Waals surface area contributed by atoms with Crippen LogP contribution in [0.4, 0.5) is 0 Å². The van der Waals surface area contributed by atoms with Crippen molar-refractivity contribution >= 4 is 5.84 Å². The number of aryl methyl sites for hydroxylation is 5. The summed E-state index contributed by atoms with van der Waals surface area (Å²) in [7, 11) is 0. The van der Waals surface area contributed by atoms with Crippen LogP contribution in [0.1, 0.15) is 56.6 Å². The quantitative estimate of drug-likeness (QED) is 0.597. The van der Waals surface area contributed by atoms with E-state index in [0.29, 0.717) is 0 Å². The van der Waals surface area contributed by atoms with Gasteiger partial charge in [-0.05, 0) is 68.5 Å². The molecule has 0 radical (unpaired) electrons. The Balaban J connectivity index is 1.79. The Morgan fingerprint density at radius 2 is 1.18 bits per heavy atom. The van der Waals surface area contributed by atoms with Gasteiger partial charge in [0.25, 0.3) is 0 Å². The number of hydrogen-bond acceptors (Lipinski definition) is 2. The number of nitrogens with zero attached hydrogens (tertiary/aromatic N) is 1. The molecule has 0 saturated carbocycles. The molecule has 2 nitrogen and oxygen atoms in total. The minimum Gasteiger partial charge on any atom is -0.361 e. The zero-order valence-corrected chi connectivity index (χ0v) is 17.4. The van der Waals surface area contributed by atoms with Gasteiger partial charge in [0.1, 0.15) is 11.9 Å². The van der Waals surface area contributed by atoms with Crippen molar-refractivity contribution in [1.82, 2.24) is 5.32 Å². The van der Waals surface area contributed by atoms with Gasteiger partial charge in [-0.15, -0.1) is 0 Å². The van der Waals surface area contributed by atoms with Gasteiger partial charge in [-0.25, -0.2) is 0 Å². The lowest BCUT2D eigenvalue weighted by atomic mass is 9.94. The van der Waals surface area contributed by atoms with E-state index in [1.54, 1.807) is 0 Å². The van der Waals surface area contributed by atoms with Crippen molar-refractivity contribution in [3.8, 4) is 0 Å². The molecule has 0 fully saturated rings. The largest absolute Gasteiger partial charge is 0.361 e. The molecule has 0 aliphatic carbocycles. The lowest BCUT2D eigenvalue weighted by molar-refractivity contribution is 0.572. The van der Waals surface area contributed by atoms with Gasteiger partial charge < -0.3 is 5.32 Å². The van der Waals surface area contributed by atoms with Crippen molar-refractivity contribution in [1.29, 1.82) is 0 Å². The molecule has 2 atom stereocenters. The first-order valence-electron chi connectivity index (χ1n) is 9.98. The van der Waals surface area contributed by atoms with Crippen molar-refractivity contribution in [2.75, 3.05) is 0 Å². The molecule has 28 heavy (non-hydrogen) atoms. The third kappa shape index (κ3) is 3.47. The summed E-state index contributed by atoms with van der Waals surface area (Å²) in [5.41, 5.74) is 10.2. The molecule has 0 bridgehead atoms. The molecule has 3 aromatic carbocycles. The maximum Gasteiger partial charge on any atom is 0.129 e. The second-order valence-corrected chi connectivity index (χ2v) is 8.12. The van der Waals surface area contributed by atoms with Crippen molar-refractivity contribution in [2.45, 2.75) is 46.7 Å². The van der Waals surface area contributed by atoms with Gasteiger partial charge in [0.2, 0.25) is 0 Å². The van der Waals surface area contributed by atoms with Gasteiger partial charge >= 0.3 is 0 Å². The highest BCUT2D eigenvalue weighted by Crippen LogP contribution is 2.37. The highest BCUT2D eigenvalue weighted by molar-refractivity contribution is 6.02. The maximum atomic E-state index is 5.18. The van der Waals surface area contributed by atoms with Crippen LogP contribution in [0, 0.1) is 34.6 Å². The van der Waals surface area contributed by atoms with Gasteiger partial charge in [-0.3, -0.25) is 4.99 Å². The third-order valence-electron chi connectivity index (χ3n) is 5.83. The molecule has 1 aliphatic heterocycles. The van der Waals surface area contributed by atoms with E-state index in [4.69, 9.17) is 4.99 Å². The molecule has 0 aromatic heterocycles. The highest BCUT2D eigenvalue weighted by Gasteiger charge is 2.32. The summed E-state index contributed by atoms with van der Waals surface area (Å²) in [4.78, 5) is 5.18. The third-order valence-corrected chi connectivity index (χ3v) is 5.83. The Kier molecular flexibility index (Phi) is 4.80. The molecular formula is C26H28N2. The van der Waals surface area contributed by atoms with Crippen molar-refractivity contribution in [2.24, 2.45) is 4.99 Å². The zero-order valence-electron chi connectivity index (χ0n) is 17.4. The fraction of sp³-hybridized carbons (Fsp3) is 0.269. The number of nitrogens with one attached hydrogen (secondary N) is 1. The lowest BCUT2D eigenvalue weighted by Crippen LogP contribution is -2.25. The second kappa shape index (κ2) is 7.27. The molecule has 2 heteroatoms. The Morgan fingerprint density at radius 3 is 1.79 bits per heavy atom. The second-order valence-electron chi connectivity index (χ2n) is 8.12. The van der Waals surface area contributed by atoms with E-state index in [-0.39, 0.29) is 12.1 Å². The fourth-order valence-electron chi connectivity index (χ4n) is 3.91. The standard InChI is InChI=1S/C26H28N2/c1-16-6-10-21(11-7-16)24-25(22-12-8-17(2)9-13-22)28-26(27-24)23-15-19(4)18(3)14-20(23)5/h6-15,24-25H,1-5H3,(H,27,28)/t24-,25+. The van der Waals surface area contributed by atoms with E-state index in [9.17, 15) is 0 Å². The van der Waals surface area contributed by atoms with Crippen LogP contribution in [0.25, 0.3) is 0 Å². The average Bonchev–Trinajstić information content (AvgIpc) is 3.11. The van der Waals surface area contributed by atoms with Crippen LogP contribution in [0.3, 0.4) is 0 Å². The number of rotatable bonds is 3. The van der Waals surface area contributed by atoms with Crippen LogP contribution in [0.15, 0.2) is 65.7 Å². The predicted octanol–water partition coefficient (Wildman–Crippen LogP) is 6.06. The summed E-state index contributed by atoms with van der Waals surface area (Å²) < 4.78 is 0. The smallest absolute Gasteiger partial charge is 0.129 e. The summed E-state index contributed by atoms with van der Waals surface area (Å²) in [5, 5.41) is 3.74. The van der Waals surface area contributed by atoms with E-state index in [1.807, 2.05) is 0 Å². The molecule has 4 rings (SSSR count). The number of aliphatic imine (C=N–C) groups is 1. The summed E-state index contributed by atoms with van der Waals surface area (Å²) in [6.45, 7) is 10.8. The van der Waals surface area contributed by atoms with Crippen molar-refractivity contribution in [3.05, 3.63) is 105 Å². The molecular weight excluding hydrogens is 340 g/mol. The van der Waals surface area contributed by atoms with Crippen LogP contribution in [-0.2, 0) is 0 Å². The Morgan fingerprint density at radius 1 is 0.643 bits per heavy atom. The Labute approximate surface area is 168 Å². The molecule has 0 unspecified atom stereocenters. The van der Waals surface area contributed by atoms with Crippen molar-refractivity contribution in [3.63, 3.8) is 0 Å². The van der Waals surface area contributed by atoms with E-state index in [0.717, 1.165) is 5.84 Å². The average molecular weight is 369 g/mol. The monoisotopic (exact) mass is 368 g/mol. The number of benzene rings is 3. The molecule has 0 saturated heterocycles. The van der Waals surface area contributed by atoms with E-state index >= 15 is 0 Å². The normalized spacial score (nSPS) is 18.7. The minimum atomic E-state index is 0.0688. The molecule has 0 amide bonds. The topological polar surface area (TPSA) is 24.4 Å². The minimum absolute atomic E-state index is 0.0688. The van der Waals surface area contributed by atoms with Gasteiger partial charge in [-0.1, -0.05) is 65.7 Å². The van der Waals surface area contributed by atoms with Gasteiger partial charge in [0, 0.05) is 5.56 Å². The van der Waals surface area contributed by atoms with Crippen LogP contribution >= 0.6 is 0 Å². The fourth-order valence-corrected chi connectivity index (χ4v) is 3.91. The first-order valence-corrected chi connectivity index (χ1v) is 9.98. The molecule has 3 aromatic rings.